The fourth-order valence-electron chi connectivity index (χ4n) is 1.29. The number of benzene rings is 1. The average Bonchev–Trinajstić information content (AvgIpc) is 2.29. The first kappa shape index (κ1) is 15.7. The number of ether oxygens (including phenoxy) is 1. The van der Waals surface area contributed by atoms with E-state index in [9.17, 15) is 8.42 Å². The van der Waals surface area contributed by atoms with E-state index in [2.05, 4.69) is 4.72 Å². The fraction of sp³-hybridized carbons (Fsp3) is 0.400. The van der Waals surface area contributed by atoms with Gasteiger partial charge >= 0.3 is 0 Å². The zero-order valence-corrected chi connectivity index (χ0v) is 12.1. The number of nitrogens with two attached hydrogens (primary N) is 1. The first-order valence-electron chi connectivity index (χ1n) is 5.09. The zero-order valence-electron chi connectivity index (χ0n) is 9.74. The Labute approximate surface area is 116 Å². The average molecular weight is 313 g/mol. The zero-order chi connectivity index (χ0) is 13.8. The van der Waals surface area contributed by atoms with E-state index < -0.39 is 10.0 Å². The standard InChI is InChI=1S/C10H14Cl2N2O3S/c1-17-3-2-14-18(15,16)10-4-7(6-13)8(11)5-9(10)12/h4-5,14H,2-3,6,13H2,1H3. The van der Waals surface area contributed by atoms with E-state index in [1.807, 2.05) is 0 Å². The van der Waals surface area contributed by atoms with Crippen molar-refractivity contribution in [3.05, 3.63) is 27.7 Å². The number of methoxy groups -OCH3 is 1. The summed E-state index contributed by atoms with van der Waals surface area (Å²) in [5.41, 5.74) is 5.99. The lowest BCUT2D eigenvalue weighted by atomic mass is 10.2. The number of nitrogens with one attached hydrogen (secondary N) is 1. The van der Waals surface area contributed by atoms with Gasteiger partial charge in [-0.05, 0) is 17.7 Å². The van der Waals surface area contributed by atoms with Crippen LogP contribution in [0.3, 0.4) is 0 Å². The van der Waals surface area contributed by atoms with Crippen LogP contribution in [0, 0.1) is 0 Å². The van der Waals surface area contributed by atoms with E-state index in [-0.39, 0.29) is 29.6 Å². The molecule has 1 aromatic carbocycles. The summed E-state index contributed by atoms with van der Waals surface area (Å²) in [6.07, 6.45) is 0. The lowest BCUT2D eigenvalue weighted by Crippen LogP contribution is -2.27. The Kier molecular flexibility index (Phi) is 5.84. The highest BCUT2D eigenvalue weighted by molar-refractivity contribution is 7.89. The third-order valence-electron chi connectivity index (χ3n) is 2.21. The summed E-state index contributed by atoms with van der Waals surface area (Å²) < 4.78 is 31.1. The molecule has 0 aliphatic carbocycles. The number of hydrogen-bond donors (Lipinski definition) is 2. The summed E-state index contributed by atoms with van der Waals surface area (Å²) in [7, 11) is -2.21. The third kappa shape index (κ3) is 3.81. The number of rotatable bonds is 6. The number of halogens is 2. The van der Waals surface area contributed by atoms with E-state index in [1.54, 1.807) is 0 Å². The highest BCUT2D eigenvalue weighted by Crippen LogP contribution is 2.28. The minimum atomic E-state index is -3.69. The number of sulfonamides is 1. The summed E-state index contributed by atoms with van der Waals surface area (Å²) >= 11 is 11.8. The largest absolute Gasteiger partial charge is 0.383 e. The molecule has 0 atom stereocenters. The van der Waals surface area contributed by atoms with Crippen molar-refractivity contribution < 1.29 is 13.2 Å². The van der Waals surface area contributed by atoms with Crippen molar-refractivity contribution in [3.8, 4) is 0 Å². The molecular weight excluding hydrogens is 299 g/mol. The van der Waals surface area contributed by atoms with Gasteiger partial charge in [-0.25, -0.2) is 13.1 Å². The van der Waals surface area contributed by atoms with Gasteiger partial charge < -0.3 is 10.5 Å². The predicted molar refractivity (Wildman–Crippen MR) is 71.4 cm³/mol. The predicted octanol–water partition coefficient (Wildman–Crippen LogP) is 1.38. The van der Waals surface area contributed by atoms with Gasteiger partial charge in [0.15, 0.2) is 0 Å². The van der Waals surface area contributed by atoms with Gasteiger partial charge in [-0.15, -0.1) is 0 Å². The lowest BCUT2D eigenvalue weighted by Gasteiger charge is -2.10. The minimum absolute atomic E-state index is 0.0369. The van der Waals surface area contributed by atoms with Gasteiger partial charge in [0.25, 0.3) is 0 Å². The number of hydrogen-bond acceptors (Lipinski definition) is 4. The monoisotopic (exact) mass is 312 g/mol. The summed E-state index contributed by atoms with van der Waals surface area (Å²) in [4.78, 5) is -0.0369. The molecule has 0 spiro atoms. The van der Waals surface area contributed by atoms with Crippen LogP contribution in [0.4, 0.5) is 0 Å². The second kappa shape index (κ2) is 6.70. The molecule has 8 heteroatoms. The molecule has 0 saturated carbocycles. The molecule has 0 aromatic heterocycles. The van der Waals surface area contributed by atoms with Gasteiger partial charge in [0.1, 0.15) is 4.90 Å². The molecule has 1 rings (SSSR count). The van der Waals surface area contributed by atoms with E-state index >= 15 is 0 Å². The highest BCUT2D eigenvalue weighted by Gasteiger charge is 2.19. The van der Waals surface area contributed by atoms with E-state index in [4.69, 9.17) is 33.7 Å². The van der Waals surface area contributed by atoms with Crippen LogP contribution in [0.15, 0.2) is 17.0 Å². The van der Waals surface area contributed by atoms with Gasteiger partial charge in [0.05, 0.1) is 11.6 Å². The summed E-state index contributed by atoms with van der Waals surface area (Å²) in [6.45, 7) is 0.570. The Bertz CT molecular complexity index is 520. The summed E-state index contributed by atoms with van der Waals surface area (Å²) in [5.74, 6) is 0. The lowest BCUT2D eigenvalue weighted by molar-refractivity contribution is 0.204. The molecule has 0 heterocycles. The molecule has 0 unspecified atom stereocenters. The molecule has 3 N–H and O–H groups in total. The van der Waals surface area contributed by atoms with Gasteiger partial charge in [0.2, 0.25) is 10.0 Å². The quantitative estimate of drug-likeness (QED) is 0.777. The Morgan fingerprint density at radius 3 is 2.56 bits per heavy atom. The first-order valence-corrected chi connectivity index (χ1v) is 7.33. The van der Waals surface area contributed by atoms with Crippen LogP contribution < -0.4 is 10.5 Å². The third-order valence-corrected chi connectivity index (χ3v) is 4.49. The Morgan fingerprint density at radius 1 is 1.33 bits per heavy atom. The Hall–Kier alpha value is -0.370. The van der Waals surface area contributed by atoms with Crippen LogP contribution in [0.2, 0.25) is 10.0 Å². The van der Waals surface area contributed by atoms with Crippen LogP contribution in [0.25, 0.3) is 0 Å². The van der Waals surface area contributed by atoms with Gasteiger partial charge in [-0.1, -0.05) is 23.2 Å². The van der Waals surface area contributed by atoms with Crippen LogP contribution in [-0.4, -0.2) is 28.7 Å². The van der Waals surface area contributed by atoms with Crippen molar-refractivity contribution in [3.63, 3.8) is 0 Å². The van der Waals surface area contributed by atoms with Crippen molar-refractivity contribution in [2.24, 2.45) is 5.73 Å². The van der Waals surface area contributed by atoms with Crippen molar-refractivity contribution in [2.45, 2.75) is 11.4 Å². The van der Waals surface area contributed by atoms with Gasteiger partial charge in [0, 0.05) is 25.2 Å². The molecule has 0 aliphatic rings. The van der Waals surface area contributed by atoms with Crippen LogP contribution >= 0.6 is 23.2 Å². The normalized spacial score (nSPS) is 11.8. The first-order chi connectivity index (χ1) is 8.42. The smallest absolute Gasteiger partial charge is 0.242 e. The van der Waals surface area contributed by atoms with E-state index in [1.165, 1.54) is 19.2 Å². The van der Waals surface area contributed by atoms with Gasteiger partial charge in [-0.3, -0.25) is 0 Å². The Morgan fingerprint density at radius 2 is 2.00 bits per heavy atom. The maximum Gasteiger partial charge on any atom is 0.242 e. The molecule has 0 amide bonds. The summed E-state index contributed by atoms with van der Waals surface area (Å²) in [5, 5.41) is 0.403. The molecule has 0 fully saturated rings. The Balaban J connectivity index is 3.08. The molecule has 5 nitrogen and oxygen atoms in total. The summed E-state index contributed by atoms with van der Waals surface area (Å²) in [6, 6.07) is 2.75. The molecule has 0 saturated heterocycles. The second-order valence-corrected chi connectivity index (χ2v) is 6.02. The topological polar surface area (TPSA) is 81.4 Å². The van der Waals surface area contributed by atoms with Crippen LogP contribution in [-0.2, 0) is 21.3 Å². The molecule has 102 valence electrons. The van der Waals surface area contributed by atoms with E-state index in [0.717, 1.165) is 0 Å². The SMILES string of the molecule is COCCNS(=O)(=O)c1cc(CN)c(Cl)cc1Cl. The van der Waals surface area contributed by atoms with Crippen molar-refractivity contribution in [1.82, 2.24) is 4.72 Å². The molecular formula is C10H14Cl2N2O3S. The molecule has 0 aliphatic heterocycles. The fourth-order valence-corrected chi connectivity index (χ4v) is 3.18. The molecule has 0 bridgehead atoms. The molecule has 0 radical (unpaired) electrons. The highest BCUT2D eigenvalue weighted by atomic mass is 35.5. The van der Waals surface area contributed by atoms with Crippen LogP contribution in [0.1, 0.15) is 5.56 Å². The molecule has 18 heavy (non-hydrogen) atoms. The van der Waals surface area contributed by atoms with Crippen molar-refractivity contribution >= 4 is 33.2 Å². The van der Waals surface area contributed by atoms with E-state index in [0.29, 0.717) is 10.6 Å². The van der Waals surface area contributed by atoms with Crippen molar-refractivity contribution in [2.75, 3.05) is 20.3 Å². The minimum Gasteiger partial charge on any atom is -0.383 e. The van der Waals surface area contributed by atoms with Crippen molar-refractivity contribution in [1.29, 1.82) is 0 Å². The van der Waals surface area contributed by atoms with Crippen LogP contribution in [0.5, 0.6) is 0 Å². The second-order valence-electron chi connectivity index (χ2n) is 3.47. The maximum absolute atomic E-state index is 12.0. The van der Waals surface area contributed by atoms with Gasteiger partial charge in [-0.2, -0.15) is 0 Å². The maximum atomic E-state index is 12.0. The molecule has 1 aromatic rings.